The molecule has 1 fully saturated rings. The molecule has 6 nitrogen and oxygen atoms in total. The molecule has 1 aromatic rings. The number of rotatable bonds is 9. The molecule has 1 unspecified atom stereocenters. The second-order valence-corrected chi connectivity index (χ2v) is 7.55. The minimum Gasteiger partial charge on any atom is -0.492 e. The van der Waals surface area contributed by atoms with Gasteiger partial charge in [-0.25, -0.2) is 13.1 Å². The van der Waals surface area contributed by atoms with Crippen LogP contribution in [0.25, 0.3) is 0 Å². The molecule has 0 amide bonds. The minimum atomic E-state index is -3.67. The standard InChI is InChI=1S/C15H23ClN2O4S.ClH/c1-2-17-6-7-18-23(19,20)15-9-13(16)3-4-14(15)22-11-12-5-8-21-10-12;/h3-4,9,12,17-18H,2,5-8,10-11H2,1H3;1H. The average Bonchev–Trinajstić information content (AvgIpc) is 3.04. The Bertz CT molecular complexity index is 607. The number of nitrogens with one attached hydrogen (secondary N) is 2. The summed E-state index contributed by atoms with van der Waals surface area (Å²) in [6, 6.07) is 4.63. The van der Waals surface area contributed by atoms with Gasteiger partial charge in [-0.3, -0.25) is 0 Å². The van der Waals surface area contributed by atoms with Gasteiger partial charge >= 0.3 is 0 Å². The molecular weight excluding hydrogens is 375 g/mol. The smallest absolute Gasteiger partial charge is 0.244 e. The van der Waals surface area contributed by atoms with Crippen LogP contribution in [0, 0.1) is 5.92 Å². The van der Waals surface area contributed by atoms with Crippen LogP contribution in [-0.4, -0.2) is 47.9 Å². The van der Waals surface area contributed by atoms with E-state index in [0.29, 0.717) is 43.0 Å². The van der Waals surface area contributed by atoms with E-state index in [1.807, 2.05) is 6.92 Å². The highest BCUT2D eigenvalue weighted by atomic mass is 35.5. The first-order valence-corrected chi connectivity index (χ1v) is 9.59. The first kappa shape index (κ1) is 21.5. The van der Waals surface area contributed by atoms with Crippen molar-refractivity contribution in [1.29, 1.82) is 0 Å². The molecule has 0 aliphatic carbocycles. The van der Waals surface area contributed by atoms with E-state index in [4.69, 9.17) is 21.1 Å². The van der Waals surface area contributed by atoms with Crippen molar-refractivity contribution < 1.29 is 17.9 Å². The van der Waals surface area contributed by atoms with Crippen molar-refractivity contribution in [3.8, 4) is 5.75 Å². The van der Waals surface area contributed by atoms with Gasteiger partial charge in [0.1, 0.15) is 10.6 Å². The van der Waals surface area contributed by atoms with Gasteiger partial charge in [-0.1, -0.05) is 18.5 Å². The topological polar surface area (TPSA) is 76.7 Å². The van der Waals surface area contributed by atoms with Crippen LogP contribution >= 0.6 is 24.0 Å². The Labute approximate surface area is 154 Å². The molecule has 1 aromatic carbocycles. The van der Waals surface area contributed by atoms with Gasteiger partial charge in [0.15, 0.2) is 0 Å². The van der Waals surface area contributed by atoms with E-state index < -0.39 is 10.0 Å². The highest BCUT2D eigenvalue weighted by molar-refractivity contribution is 7.89. The zero-order chi connectivity index (χ0) is 16.7. The van der Waals surface area contributed by atoms with Crippen LogP contribution in [0.5, 0.6) is 5.75 Å². The van der Waals surface area contributed by atoms with Crippen LogP contribution in [0.1, 0.15) is 13.3 Å². The van der Waals surface area contributed by atoms with Crippen LogP contribution < -0.4 is 14.8 Å². The first-order valence-electron chi connectivity index (χ1n) is 7.73. The summed E-state index contributed by atoms with van der Waals surface area (Å²) in [5.74, 6) is 0.611. The summed E-state index contributed by atoms with van der Waals surface area (Å²) in [4.78, 5) is 0.0698. The number of likely N-dealkylation sites (N-methyl/N-ethyl adjacent to an activating group) is 1. The summed E-state index contributed by atoms with van der Waals surface area (Å²) in [6.07, 6.45) is 0.927. The number of ether oxygens (including phenoxy) is 2. The Morgan fingerprint density at radius 2 is 2.17 bits per heavy atom. The summed E-state index contributed by atoms with van der Waals surface area (Å²) < 4.78 is 38.5. The summed E-state index contributed by atoms with van der Waals surface area (Å²) in [6.45, 7) is 5.43. The zero-order valence-corrected chi connectivity index (χ0v) is 16.0. The molecular formula is C15H24Cl2N2O4S. The summed E-state index contributed by atoms with van der Waals surface area (Å²) in [5, 5.41) is 3.42. The van der Waals surface area contributed by atoms with Gasteiger partial charge in [-0.05, 0) is 31.2 Å². The first-order chi connectivity index (χ1) is 11.0. The Morgan fingerprint density at radius 1 is 1.38 bits per heavy atom. The second kappa shape index (κ2) is 10.4. The Kier molecular flexibility index (Phi) is 9.33. The predicted molar refractivity (Wildman–Crippen MR) is 96.9 cm³/mol. The Hall–Kier alpha value is -0.570. The molecule has 138 valence electrons. The predicted octanol–water partition coefficient (Wildman–Crippen LogP) is 2.06. The number of halogens is 2. The molecule has 24 heavy (non-hydrogen) atoms. The molecule has 0 bridgehead atoms. The molecule has 2 rings (SSSR count). The fraction of sp³-hybridized carbons (Fsp3) is 0.600. The van der Waals surface area contributed by atoms with E-state index in [2.05, 4.69) is 10.0 Å². The van der Waals surface area contributed by atoms with E-state index in [0.717, 1.165) is 19.6 Å². The number of hydrogen-bond acceptors (Lipinski definition) is 5. The second-order valence-electron chi connectivity index (χ2n) is 5.38. The van der Waals surface area contributed by atoms with Crippen LogP contribution in [0.4, 0.5) is 0 Å². The van der Waals surface area contributed by atoms with Crippen molar-refractivity contribution in [3.05, 3.63) is 23.2 Å². The van der Waals surface area contributed by atoms with Crippen molar-refractivity contribution in [2.24, 2.45) is 5.92 Å². The van der Waals surface area contributed by atoms with Gasteiger partial charge in [0, 0.05) is 30.6 Å². The van der Waals surface area contributed by atoms with Crippen molar-refractivity contribution in [2.75, 3.05) is 39.5 Å². The van der Waals surface area contributed by atoms with E-state index in [-0.39, 0.29) is 17.3 Å². The van der Waals surface area contributed by atoms with Gasteiger partial charge in [0.2, 0.25) is 10.0 Å². The maximum Gasteiger partial charge on any atom is 0.244 e. The molecule has 0 spiro atoms. The highest BCUT2D eigenvalue weighted by Gasteiger charge is 2.22. The van der Waals surface area contributed by atoms with Gasteiger partial charge in [-0.15, -0.1) is 12.4 Å². The van der Waals surface area contributed by atoms with Crippen LogP contribution in [0.15, 0.2) is 23.1 Å². The summed E-state index contributed by atoms with van der Waals surface area (Å²) in [5.41, 5.74) is 0. The summed E-state index contributed by atoms with van der Waals surface area (Å²) >= 11 is 5.95. The number of sulfonamides is 1. The lowest BCUT2D eigenvalue weighted by atomic mass is 10.1. The maximum absolute atomic E-state index is 12.5. The van der Waals surface area contributed by atoms with E-state index in [9.17, 15) is 8.42 Å². The molecule has 1 atom stereocenters. The largest absolute Gasteiger partial charge is 0.492 e. The lowest BCUT2D eigenvalue weighted by molar-refractivity contribution is 0.166. The highest BCUT2D eigenvalue weighted by Crippen LogP contribution is 2.28. The molecule has 1 saturated heterocycles. The summed E-state index contributed by atoms with van der Waals surface area (Å²) in [7, 11) is -3.67. The van der Waals surface area contributed by atoms with Crippen molar-refractivity contribution in [1.82, 2.24) is 10.0 Å². The molecule has 1 aliphatic heterocycles. The zero-order valence-electron chi connectivity index (χ0n) is 13.6. The van der Waals surface area contributed by atoms with Crippen molar-refractivity contribution in [2.45, 2.75) is 18.2 Å². The lowest BCUT2D eigenvalue weighted by Gasteiger charge is -2.15. The molecule has 1 heterocycles. The van der Waals surface area contributed by atoms with E-state index in [1.54, 1.807) is 12.1 Å². The van der Waals surface area contributed by atoms with Crippen LogP contribution in [0.2, 0.25) is 5.02 Å². The van der Waals surface area contributed by atoms with Gasteiger partial charge in [0.25, 0.3) is 0 Å². The third-order valence-corrected chi connectivity index (χ3v) is 5.25. The quantitative estimate of drug-likeness (QED) is 0.622. The van der Waals surface area contributed by atoms with Crippen molar-refractivity contribution in [3.63, 3.8) is 0 Å². The SMILES string of the molecule is CCNCCNS(=O)(=O)c1cc(Cl)ccc1OCC1CCOC1.Cl. The van der Waals surface area contributed by atoms with Gasteiger partial charge < -0.3 is 14.8 Å². The normalized spacial score (nSPS) is 17.5. The molecule has 2 N–H and O–H groups in total. The fourth-order valence-electron chi connectivity index (χ4n) is 2.26. The molecule has 0 aromatic heterocycles. The lowest BCUT2D eigenvalue weighted by Crippen LogP contribution is -2.32. The molecule has 0 saturated carbocycles. The monoisotopic (exact) mass is 398 g/mol. The third-order valence-electron chi connectivity index (χ3n) is 3.54. The van der Waals surface area contributed by atoms with Crippen LogP contribution in [-0.2, 0) is 14.8 Å². The number of hydrogen-bond donors (Lipinski definition) is 2. The Morgan fingerprint density at radius 3 is 2.83 bits per heavy atom. The molecule has 1 aliphatic rings. The molecule has 9 heteroatoms. The fourth-order valence-corrected chi connectivity index (χ4v) is 3.70. The maximum atomic E-state index is 12.5. The minimum absolute atomic E-state index is 0. The third kappa shape index (κ3) is 6.38. The van der Waals surface area contributed by atoms with Crippen molar-refractivity contribution >= 4 is 34.0 Å². The number of benzene rings is 1. The molecule has 0 radical (unpaired) electrons. The van der Waals surface area contributed by atoms with Gasteiger partial charge in [-0.2, -0.15) is 0 Å². The van der Waals surface area contributed by atoms with Crippen LogP contribution in [0.3, 0.4) is 0 Å². The average molecular weight is 399 g/mol. The Balaban J connectivity index is 0.00000288. The van der Waals surface area contributed by atoms with E-state index >= 15 is 0 Å². The van der Waals surface area contributed by atoms with E-state index in [1.165, 1.54) is 6.07 Å². The van der Waals surface area contributed by atoms with Gasteiger partial charge in [0.05, 0.1) is 13.2 Å².